The summed E-state index contributed by atoms with van der Waals surface area (Å²) in [5.74, 6) is -3.54. The minimum Gasteiger partial charge on any atom is -0.478 e. The van der Waals surface area contributed by atoms with Crippen molar-refractivity contribution in [3.63, 3.8) is 0 Å². The first-order valence-corrected chi connectivity index (χ1v) is 7.74. The maximum absolute atomic E-state index is 12.3. The second-order valence-electron chi connectivity index (χ2n) is 5.67. The standard InChI is InChI=1S/C16H24O7/c1-4-5-6-7-8-16(14(18)19,23-13(17)11(2)3)15(20)22-10-12-9-21-12/h12H,2,4-10H2,1,3H3,(H,18,19). The Morgan fingerprint density at radius 2 is 1.96 bits per heavy atom. The normalized spacial score (nSPS) is 18.6. The number of carbonyl (C=O) groups excluding carboxylic acids is 2. The van der Waals surface area contributed by atoms with Crippen molar-refractivity contribution in [1.82, 2.24) is 0 Å². The van der Waals surface area contributed by atoms with E-state index in [4.69, 9.17) is 14.2 Å². The summed E-state index contributed by atoms with van der Waals surface area (Å²) in [5.41, 5.74) is -2.32. The highest BCUT2D eigenvalue weighted by Gasteiger charge is 2.52. The van der Waals surface area contributed by atoms with Crippen LogP contribution in [0.1, 0.15) is 46.0 Å². The van der Waals surface area contributed by atoms with E-state index >= 15 is 0 Å². The fraction of sp³-hybridized carbons (Fsp3) is 0.688. The Bertz CT molecular complexity index is 467. The smallest absolute Gasteiger partial charge is 0.362 e. The molecule has 1 aliphatic heterocycles. The summed E-state index contributed by atoms with van der Waals surface area (Å²) < 4.78 is 14.9. The van der Waals surface area contributed by atoms with Gasteiger partial charge in [-0.2, -0.15) is 0 Å². The number of carboxylic acids is 1. The summed E-state index contributed by atoms with van der Waals surface area (Å²) in [7, 11) is 0. The van der Waals surface area contributed by atoms with Crippen LogP contribution in [0.25, 0.3) is 0 Å². The van der Waals surface area contributed by atoms with Crippen molar-refractivity contribution >= 4 is 17.9 Å². The molecular formula is C16H24O7. The predicted octanol–water partition coefficient (Wildman–Crippen LogP) is 1.84. The molecule has 1 fully saturated rings. The van der Waals surface area contributed by atoms with Crippen LogP contribution in [-0.4, -0.2) is 47.9 Å². The van der Waals surface area contributed by atoms with Gasteiger partial charge in [0, 0.05) is 12.0 Å². The SMILES string of the molecule is C=C(C)C(=O)OC(CCCCCC)(C(=O)O)C(=O)OCC1CO1. The number of ether oxygens (including phenoxy) is 3. The third-order valence-electron chi connectivity index (χ3n) is 3.48. The minimum absolute atomic E-state index is 0.0162. The van der Waals surface area contributed by atoms with E-state index in [0.29, 0.717) is 13.0 Å². The number of rotatable bonds is 11. The van der Waals surface area contributed by atoms with Crippen molar-refractivity contribution < 1.29 is 33.7 Å². The first-order valence-electron chi connectivity index (χ1n) is 7.74. The van der Waals surface area contributed by atoms with Crippen molar-refractivity contribution in [2.24, 2.45) is 0 Å². The van der Waals surface area contributed by atoms with Gasteiger partial charge in [0.1, 0.15) is 12.7 Å². The fourth-order valence-corrected chi connectivity index (χ4v) is 1.93. The molecule has 0 radical (unpaired) electrons. The van der Waals surface area contributed by atoms with Gasteiger partial charge in [-0.15, -0.1) is 0 Å². The lowest BCUT2D eigenvalue weighted by atomic mass is 9.95. The van der Waals surface area contributed by atoms with Crippen LogP contribution < -0.4 is 0 Å². The second-order valence-corrected chi connectivity index (χ2v) is 5.67. The molecule has 2 atom stereocenters. The zero-order valence-corrected chi connectivity index (χ0v) is 13.6. The zero-order valence-electron chi connectivity index (χ0n) is 13.6. The highest BCUT2D eigenvalue weighted by molar-refractivity contribution is 6.05. The third-order valence-corrected chi connectivity index (χ3v) is 3.48. The van der Waals surface area contributed by atoms with Crippen LogP contribution in [0.5, 0.6) is 0 Å². The molecule has 7 nitrogen and oxygen atoms in total. The Morgan fingerprint density at radius 1 is 1.30 bits per heavy atom. The van der Waals surface area contributed by atoms with Gasteiger partial charge in [-0.1, -0.05) is 32.8 Å². The number of unbranched alkanes of at least 4 members (excludes halogenated alkanes) is 3. The van der Waals surface area contributed by atoms with Crippen LogP contribution in [0, 0.1) is 0 Å². The first kappa shape index (κ1) is 19.2. The molecule has 2 unspecified atom stereocenters. The highest BCUT2D eigenvalue weighted by atomic mass is 16.6. The number of epoxide rings is 1. The van der Waals surface area contributed by atoms with Crippen molar-refractivity contribution in [2.75, 3.05) is 13.2 Å². The zero-order chi connectivity index (χ0) is 17.5. The van der Waals surface area contributed by atoms with E-state index in [1.165, 1.54) is 6.92 Å². The van der Waals surface area contributed by atoms with Gasteiger partial charge in [0.05, 0.1) is 6.61 Å². The Hall–Kier alpha value is -1.89. The Labute approximate surface area is 135 Å². The number of carboxylic acid groups (broad SMARTS) is 1. The Balaban J connectivity index is 2.86. The lowest BCUT2D eigenvalue weighted by Crippen LogP contribution is -2.52. The summed E-state index contributed by atoms with van der Waals surface area (Å²) in [6, 6.07) is 0. The summed E-state index contributed by atoms with van der Waals surface area (Å²) in [6.07, 6.45) is 2.67. The number of hydrogen-bond acceptors (Lipinski definition) is 6. The van der Waals surface area contributed by atoms with Gasteiger partial charge in [-0.05, 0) is 13.3 Å². The van der Waals surface area contributed by atoms with E-state index < -0.39 is 23.5 Å². The Morgan fingerprint density at radius 3 is 2.43 bits per heavy atom. The van der Waals surface area contributed by atoms with Gasteiger partial charge in [-0.25, -0.2) is 14.4 Å². The molecule has 1 rings (SSSR count). The molecule has 1 saturated heterocycles. The van der Waals surface area contributed by atoms with Gasteiger partial charge < -0.3 is 19.3 Å². The molecule has 0 aromatic heterocycles. The van der Waals surface area contributed by atoms with E-state index in [1.807, 2.05) is 6.92 Å². The van der Waals surface area contributed by atoms with Crippen LogP contribution in [0.3, 0.4) is 0 Å². The van der Waals surface area contributed by atoms with Crippen molar-refractivity contribution in [3.05, 3.63) is 12.2 Å². The van der Waals surface area contributed by atoms with Crippen LogP contribution >= 0.6 is 0 Å². The van der Waals surface area contributed by atoms with E-state index in [2.05, 4.69) is 6.58 Å². The molecular weight excluding hydrogens is 304 g/mol. The van der Waals surface area contributed by atoms with Gasteiger partial charge in [0.2, 0.25) is 0 Å². The van der Waals surface area contributed by atoms with E-state index in [9.17, 15) is 19.5 Å². The lowest BCUT2D eigenvalue weighted by Gasteiger charge is -2.27. The molecule has 0 bridgehead atoms. The fourth-order valence-electron chi connectivity index (χ4n) is 1.93. The quantitative estimate of drug-likeness (QED) is 0.203. The maximum atomic E-state index is 12.3. The van der Waals surface area contributed by atoms with Crippen molar-refractivity contribution in [2.45, 2.75) is 57.7 Å². The van der Waals surface area contributed by atoms with Crippen LogP contribution in [0.15, 0.2) is 12.2 Å². The first-order chi connectivity index (χ1) is 10.8. The number of esters is 2. The molecule has 23 heavy (non-hydrogen) atoms. The van der Waals surface area contributed by atoms with Gasteiger partial charge in [0.15, 0.2) is 0 Å². The topological polar surface area (TPSA) is 102 Å². The average Bonchev–Trinajstić information content (AvgIpc) is 3.31. The predicted molar refractivity (Wildman–Crippen MR) is 80.7 cm³/mol. The molecule has 7 heteroatoms. The summed E-state index contributed by atoms with van der Waals surface area (Å²) in [5, 5.41) is 9.52. The van der Waals surface area contributed by atoms with Crippen LogP contribution in [0.2, 0.25) is 0 Å². The molecule has 1 heterocycles. The van der Waals surface area contributed by atoms with Crippen LogP contribution in [0.4, 0.5) is 0 Å². The van der Waals surface area contributed by atoms with E-state index in [1.54, 1.807) is 0 Å². The maximum Gasteiger partial charge on any atom is 0.362 e. The van der Waals surface area contributed by atoms with E-state index in [0.717, 1.165) is 19.3 Å². The number of carbonyl (C=O) groups is 3. The molecule has 0 saturated carbocycles. The monoisotopic (exact) mass is 328 g/mol. The summed E-state index contributed by atoms with van der Waals surface area (Å²) in [6.45, 7) is 7.23. The third kappa shape index (κ3) is 5.67. The van der Waals surface area contributed by atoms with Gasteiger partial charge in [-0.3, -0.25) is 0 Å². The summed E-state index contributed by atoms with van der Waals surface area (Å²) >= 11 is 0. The molecule has 0 amide bonds. The van der Waals surface area contributed by atoms with Crippen molar-refractivity contribution in [3.8, 4) is 0 Å². The average molecular weight is 328 g/mol. The largest absolute Gasteiger partial charge is 0.478 e. The Kier molecular flexibility index (Phi) is 7.22. The minimum atomic E-state index is -2.33. The van der Waals surface area contributed by atoms with Gasteiger partial charge in [0.25, 0.3) is 0 Å². The van der Waals surface area contributed by atoms with Crippen molar-refractivity contribution in [1.29, 1.82) is 0 Å². The highest BCUT2D eigenvalue weighted by Crippen LogP contribution is 2.25. The van der Waals surface area contributed by atoms with E-state index in [-0.39, 0.29) is 24.7 Å². The molecule has 0 aromatic rings. The second kappa shape index (κ2) is 8.67. The van der Waals surface area contributed by atoms with Gasteiger partial charge >= 0.3 is 23.5 Å². The molecule has 0 aromatic carbocycles. The number of hydrogen-bond donors (Lipinski definition) is 1. The molecule has 0 spiro atoms. The molecule has 130 valence electrons. The van der Waals surface area contributed by atoms with Crippen LogP contribution in [-0.2, 0) is 28.6 Å². The summed E-state index contributed by atoms with van der Waals surface area (Å²) in [4.78, 5) is 35.8. The molecule has 1 N–H and O–H groups in total. The number of aliphatic carboxylic acids is 1. The lowest BCUT2D eigenvalue weighted by molar-refractivity contribution is -0.193. The molecule has 1 aliphatic rings. The molecule has 0 aliphatic carbocycles.